The van der Waals surface area contributed by atoms with Crippen LogP contribution in [-0.2, 0) is 6.54 Å². The number of aromatic nitrogens is 3. The first-order chi connectivity index (χ1) is 16.0. The highest BCUT2D eigenvalue weighted by Gasteiger charge is 2.30. The van der Waals surface area contributed by atoms with Crippen LogP contribution in [0.15, 0.2) is 71.5 Å². The molecule has 0 spiro atoms. The van der Waals surface area contributed by atoms with Crippen molar-refractivity contribution >= 4 is 44.2 Å². The van der Waals surface area contributed by atoms with Gasteiger partial charge in [-0.25, -0.2) is 9.37 Å². The number of pyridine rings is 1. The molecule has 0 aliphatic rings. The number of rotatable bonds is 5. The summed E-state index contributed by atoms with van der Waals surface area (Å²) in [6.07, 6.45) is 3.35. The lowest BCUT2D eigenvalue weighted by Gasteiger charge is -2.20. The lowest BCUT2D eigenvalue weighted by atomic mass is 10.0. The Morgan fingerprint density at radius 3 is 2.82 bits per heavy atom. The summed E-state index contributed by atoms with van der Waals surface area (Å²) >= 11 is 7.61. The molecule has 5 rings (SSSR count). The molecule has 5 aromatic rings. The van der Waals surface area contributed by atoms with Gasteiger partial charge in [-0.15, -0.1) is 0 Å². The summed E-state index contributed by atoms with van der Waals surface area (Å²) in [7, 11) is 0. The molecule has 0 atom stereocenters. The normalized spacial score (nSPS) is 11.1. The third-order valence-corrected chi connectivity index (χ3v) is 6.46. The Bertz CT molecular complexity index is 1470. The topological polar surface area (TPSA) is 72.1 Å². The maximum Gasteiger partial charge on any atom is 0.266 e. The quantitative estimate of drug-likeness (QED) is 0.296. The van der Waals surface area contributed by atoms with Crippen molar-refractivity contribution < 1.29 is 13.7 Å². The van der Waals surface area contributed by atoms with E-state index in [1.807, 2.05) is 12.1 Å². The van der Waals surface area contributed by atoms with Gasteiger partial charge in [0.25, 0.3) is 5.91 Å². The van der Waals surface area contributed by atoms with Gasteiger partial charge in [0.15, 0.2) is 5.13 Å². The number of hydrogen-bond donors (Lipinski definition) is 0. The van der Waals surface area contributed by atoms with Gasteiger partial charge in [-0.1, -0.05) is 52.4 Å². The molecule has 0 unspecified atom stereocenters. The first-order valence-electron chi connectivity index (χ1n) is 9.99. The smallest absolute Gasteiger partial charge is 0.266 e. The van der Waals surface area contributed by atoms with E-state index in [9.17, 15) is 9.18 Å². The number of carbonyl (C=O) groups is 1. The van der Waals surface area contributed by atoms with E-state index in [2.05, 4.69) is 15.1 Å². The summed E-state index contributed by atoms with van der Waals surface area (Å²) in [6, 6.07) is 15.1. The highest BCUT2D eigenvalue weighted by Crippen LogP contribution is 2.35. The van der Waals surface area contributed by atoms with Crippen molar-refractivity contribution in [2.45, 2.75) is 13.5 Å². The monoisotopic (exact) mass is 478 g/mol. The van der Waals surface area contributed by atoms with E-state index in [0.717, 1.165) is 5.56 Å². The largest absolute Gasteiger partial charge is 0.360 e. The van der Waals surface area contributed by atoms with Gasteiger partial charge < -0.3 is 4.52 Å². The van der Waals surface area contributed by atoms with Gasteiger partial charge in [0.05, 0.1) is 21.8 Å². The second kappa shape index (κ2) is 8.73. The third-order valence-electron chi connectivity index (χ3n) is 5.08. The van der Waals surface area contributed by atoms with Crippen LogP contribution < -0.4 is 4.90 Å². The van der Waals surface area contributed by atoms with Crippen molar-refractivity contribution in [3.63, 3.8) is 0 Å². The van der Waals surface area contributed by atoms with Gasteiger partial charge in [-0.05, 0) is 42.8 Å². The Morgan fingerprint density at radius 1 is 1.18 bits per heavy atom. The molecule has 0 aliphatic carbocycles. The fourth-order valence-corrected chi connectivity index (χ4v) is 4.71. The molecular formula is C24H16ClFN4O2S. The minimum Gasteiger partial charge on any atom is -0.360 e. The average molecular weight is 479 g/mol. The van der Waals surface area contributed by atoms with E-state index in [1.165, 1.54) is 28.4 Å². The van der Waals surface area contributed by atoms with Gasteiger partial charge in [0.1, 0.15) is 22.8 Å². The molecule has 3 aromatic heterocycles. The molecule has 164 valence electrons. The van der Waals surface area contributed by atoms with Crippen LogP contribution in [0.1, 0.15) is 21.7 Å². The lowest BCUT2D eigenvalue weighted by Crippen LogP contribution is -2.31. The number of fused-ring (bicyclic) bond motifs is 1. The van der Waals surface area contributed by atoms with E-state index in [4.69, 9.17) is 16.1 Å². The molecule has 0 N–H and O–H groups in total. The maximum absolute atomic E-state index is 13.9. The van der Waals surface area contributed by atoms with Crippen LogP contribution in [0.25, 0.3) is 21.5 Å². The highest BCUT2D eigenvalue weighted by atomic mass is 35.5. The van der Waals surface area contributed by atoms with Crippen LogP contribution in [0.2, 0.25) is 5.02 Å². The summed E-state index contributed by atoms with van der Waals surface area (Å²) in [5.41, 5.74) is 2.65. The lowest BCUT2D eigenvalue weighted by molar-refractivity contribution is 0.0984. The molecule has 0 bridgehead atoms. The standard InChI is InChI=1S/C24H16ClFN4O2S/c1-14-21(22(29-32-14)17-6-2-3-7-18(17)25)23(31)30(13-15-5-4-10-27-12-15)24-28-19-9-8-16(26)11-20(19)33-24/h2-12H,13H2,1H3. The fourth-order valence-electron chi connectivity index (χ4n) is 3.50. The number of amides is 1. The number of benzene rings is 2. The zero-order chi connectivity index (χ0) is 22.9. The Labute approximate surface area is 197 Å². The summed E-state index contributed by atoms with van der Waals surface area (Å²) in [4.78, 5) is 24.2. The average Bonchev–Trinajstić information content (AvgIpc) is 3.41. The van der Waals surface area contributed by atoms with Gasteiger partial charge in [-0.3, -0.25) is 14.7 Å². The van der Waals surface area contributed by atoms with Crippen LogP contribution in [0.4, 0.5) is 9.52 Å². The van der Waals surface area contributed by atoms with Crippen molar-refractivity contribution in [3.8, 4) is 11.3 Å². The molecule has 0 saturated heterocycles. The van der Waals surface area contributed by atoms with Gasteiger partial charge in [-0.2, -0.15) is 0 Å². The Kier molecular flexibility index (Phi) is 5.62. The van der Waals surface area contributed by atoms with E-state index < -0.39 is 0 Å². The van der Waals surface area contributed by atoms with E-state index in [0.29, 0.717) is 37.4 Å². The number of thiazole rings is 1. The van der Waals surface area contributed by atoms with Crippen LogP contribution >= 0.6 is 22.9 Å². The van der Waals surface area contributed by atoms with Crippen LogP contribution in [0.5, 0.6) is 0 Å². The molecule has 9 heteroatoms. The number of hydrogen-bond acceptors (Lipinski definition) is 6. The van der Waals surface area contributed by atoms with Crippen LogP contribution in [0, 0.1) is 12.7 Å². The minimum atomic E-state index is -0.362. The maximum atomic E-state index is 13.9. The molecule has 33 heavy (non-hydrogen) atoms. The molecule has 0 radical (unpaired) electrons. The molecule has 6 nitrogen and oxygen atoms in total. The summed E-state index contributed by atoms with van der Waals surface area (Å²) in [5, 5.41) is 5.00. The zero-order valence-corrected chi connectivity index (χ0v) is 18.9. The molecule has 2 aromatic carbocycles. The number of aryl methyl sites for hydroxylation is 1. The van der Waals surface area contributed by atoms with Gasteiger partial charge in [0.2, 0.25) is 0 Å². The predicted molar refractivity (Wildman–Crippen MR) is 126 cm³/mol. The van der Waals surface area contributed by atoms with Crippen molar-refractivity contribution in [1.82, 2.24) is 15.1 Å². The van der Waals surface area contributed by atoms with Crippen molar-refractivity contribution in [3.05, 3.63) is 94.7 Å². The van der Waals surface area contributed by atoms with Crippen molar-refractivity contribution in [2.75, 3.05) is 4.90 Å². The number of anilines is 1. The third kappa shape index (κ3) is 4.10. The molecule has 1 amide bonds. The fraction of sp³-hybridized carbons (Fsp3) is 0.0833. The number of halogens is 2. The van der Waals surface area contributed by atoms with Crippen molar-refractivity contribution in [1.29, 1.82) is 0 Å². The van der Waals surface area contributed by atoms with E-state index in [-0.39, 0.29) is 23.8 Å². The Hall–Kier alpha value is -3.62. The van der Waals surface area contributed by atoms with Gasteiger partial charge >= 0.3 is 0 Å². The van der Waals surface area contributed by atoms with Crippen molar-refractivity contribution in [2.24, 2.45) is 0 Å². The molecular weight excluding hydrogens is 463 g/mol. The van der Waals surface area contributed by atoms with E-state index >= 15 is 0 Å². The predicted octanol–water partition coefficient (Wildman–Crippen LogP) is 6.29. The van der Waals surface area contributed by atoms with Gasteiger partial charge in [0, 0.05) is 18.0 Å². The molecule has 0 fully saturated rings. The Morgan fingerprint density at radius 2 is 2.03 bits per heavy atom. The molecule has 0 saturated carbocycles. The first-order valence-corrected chi connectivity index (χ1v) is 11.2. The van der Waals surface area contributed by atoms with E-state index in [1.54, 1.807) is 49.6 Å². The van der Waals surface area contributed by atoms with Crippen LogP contribution in [-0.4, -0.2) is 21.0 Å². The SMILES string of the molecule is Cc1onc(-c2ccccc2Cl)c1C(=O)N(Cc1cccnc1)c1nc2ccc(F)cc2s1. The van der Waals surface area contributed by atoms with Crippen LogP contribution in [0.3, 0.4) is 0 Å². The highest BCUT2D eigenvalue weighted by molar-refractivity contribution is 7.22. The summed E-state index contributed by atoms with van der Waals surface area (Å²) in [6.45, 7) is 1.89. The molecule has 0 aliphatic heterocycles. The minimum absolute atomic E-state index is 0.210. The Balaban J connectivity index is 1.63. The first kappa shape index (κ1) is 21.2. The zero-order valence-electron chi connectivity index (χ0n) is 17.3. The second-order valence-electron chi connectivity index (χ2n) is 7.30. The second-order valence-corrected chi connectivity index (χ2v) is 8.72. The molecule has 3 heterocycles. The summed E-state index contributed by atoms with van der Waals surface area (Å²) < 4.78 is 19.8. The number of carbonyl (C=O) groups excluding carboxylic acids is 1. The summed E-state index contributed by atoms with van der Waals surface area (Å²) in [5.74, 6) is -0.357. The number of nitrogens with zero attached hydrogens (tertiary/aromatic N) is 4.